The van der Waals surface area contributed by atoms with Gasteiger partial charge in [-0.2, -0.15) is 0 Å². The average Bonchev–Trinajstić information content (AvgIpc) is 3.74. The molecule has 8 heteroatoms. The fourth-order valence-corrected chi connectivity index (χ4v) is 4.48. The molecule has 5 rings (SSSR count). The van der Waals surface area contributed by atoms with Crippen molar-refractivity contribution in [3.8, 4) is 0 Å². The number of nitrogens with zero attached hydrogens (tertiary/aromatic N) is 3. The quantitative estimate of drug-likeness (QED) is 0.571. The predicted molar refractivity (Wildman–Crippen MR) is 136 cm³/mol. The first-order chi connectivity index (χ1) is 17.0. The topological polar surface area (TPSA) is 74.7 Å². The molecular formula is C27H27ClN4O3. The number of anilines is 1. The number of rotatable bonds is 6. The lowest BCUT2D eigenvalue weighted by Crippen LogP contribution is -2.50. The molecule has 1 saturated carbocycles. The van der Waals surface area contributed by atoms with Crippen molar-refractivity contribution in [1.82, 2.24) is 14.8 Å². The maximum Gasteiger partial charge on any atom is 0.259 e. The first-order valence-electron chi connectivity index (χ1n) is 11.9. The van der Waals surface area contributed by atoms with Gasteiger partial charge in [0.2, 0.25) is 5.43 Å². The van der Waals surface area contributed by atoms with Gasteiger partial charge in [0.25, 0.3) is 11.8 Å². The van der Waals surface area contributed by atoms with Gasteiger partial charge in [0, 0.05) is 61.9 Å². The second-order valence-electron chi connectivity index (χ2n) is 9.02. The van der Waals surface area contributed by atoms with Crippen LogP contribution in [0.1, 0.15) is 45.2 Å². The highest BCUT2D eigenvalue weighted by Crippen LogP contribution is 2.34. The van der Waals surface area contributed by atoms with E-state index < -0.39 is 11.3 Å². The van der Waals surface area contributed by atoms with E-state index in [0.717, 1.165) is 24.1 Å². The van der Waals surface area contributed by atoms with Crippen LogP contribution in [0, 0.1) is 0 Å². The van der Waals surface area contributed by atoms with Crippen molar-refractivity contribution >= 4 is 29.1 Å². The Labute approximate surface area is 208 Å². The molecule has 3 aromatic rings. The minimum Gasteiger partial charge on any atom is -0.368 e. The van der Waals surface area contributed by atoms with Crippen molar-refractivity contribution in [1.29, 1.82) is 0 Å². The summed E-state index contributed by atoms with van der Waals surface area (Å²) in [6.07, 6.45) is 5.17. The van der Waals surface area contributed by atoms with Crippen LogP contribution in [0.4, 0.5) is 5.69 Å². The van der Waals surface area contributed by atoms with Crippen LogP contribution in [-0.4, -0.2) is 47.5 Å². The molecule has 0 bridgehead atoms. The second-order valence-corrected chi connectivity index (χ2v) is 9.45. The van der Waals surface area contributed by atoms with E-state index in [-0.39, 0.29) is 23.1 Å². The van der Waals surface area contributed by atoms with Crippen LogP contribution in [0.25, 0.3) is 0 Å². The minimum absolute atomic E-state index is 0.0125. The standard InChI is InChI=1S/C27H27ClN4O3/c28-20-6-8-21(9-7-20)30-12-14-31(15-13-30)27(35)24-18-32(22-10-11-22)17-23(25(24)33)26(34)29-16-19-4-2-1-3-5-19/h1-9,17-18,22H,10-16H2,(H,29,34). The number of piperazine rings is 1. The molecule has 1 saturated heterocycles. The Kier molecular flexibility index (Phi) is 6.59. The Morgan fingerprint density at radius 1 is 0.886 bits per heavy atom. The third-order valence-electron chi connectivity index (χ3n) is 6.54. The van der Waals surface area contributed by atoms with Crippen LogP contribution in [0.5, 0.6) is 0 Å². The van der Waals surface area contributed by atoms with Gasteiger partial charge in [0.15, 0.2) is 0 Å². The maximum atomic E-state index is 13.4. The molecule has 35 heavy (non-hydrogen) atoms. The Morgan fingerprint density at radius 3 is 2.20 bits per heavy atom. The highest BCUT2D eigenvalue weighted by molar-refractivity contribution is 6.30. The summed E-state index contributed by atoms with van der Waals surface area (Å²) in [6.45, 7) is 2.61. The zero-order valence-electron chi connectivity index (χ0n) is 19.3. The fourth-order valence-electron chi connectivity index (χ4n) is 4.36. The van der Waals surface area contributed by atoms with Crippen molar-refractivity contribution in [3.05, 3.63) is 98.9 Å². The van der Waals surface area contributed by atoms with E-state index in [2.05, 4.69) is 10.2 Å². The van der Waals surface area contributed by atoms with Gasteiger partial charge in [-0.3, -0.25) is 14.4 Å². The summed E-state index contributed by atoms with van der Waals surface area (Å²) in [7, 11) is 0. The number of halogens is 1. The summed E-state index contributed by atoms with van der Waals surface area (Å²) in [4.78, 5) is 43.5. The zero-order chi connectivity index (χ0) is 24.4. The molecule has 2 heterocycles. The number of carbonyl (C=O) groups excluding carboxylic acids is 2. The predicted octanol–water partition coefficient (Wildman–Crippen LogP) is 3.73. The molecule has 0 spiro atoms. The summed E-state index contributed by atoms with van der Waals surface area (Å²) in [6, 6.07) is 17.4. The number of carbonyl (C=O) groups is 2. The number of amides is 2. The van der Waals surface area contributed by atoms with Gasteiger partial charge in [-0.05, 0) is 42.7 Å². The number of pyridine rings is 1. The summed E-state index contributed by atoms with van der Waals surface area (Å²) in [5, 5.41) is 3.51. The molecule has 1 aliphatic carbocycles. The van der Waals surface area contributed by atoms with Crippen molar-refractivity contribution < 1.29 is 9.59 Å². The monoisotopic (exact) mass is 490 g/mol. The third-order valence-corrected chi connectivity index (χ3v) is 6.80. The van der Waals surface area contributed by atoms with E-state index in [0.29, 0.717) is 37.7 Å². The van der Waals surface area contributed by atoms with Gasteiger partial charge in [-0.15, -0.1) is 0 Å². The number of benzene rings is 2. The van der Waals surface area contributed by atoms with Crippen molar-refractivity contribution in [2.45, 2.75) is 25.4 Å². The molecule has 2 aliphatic rings. The van der Waals surface area contributed by atoms with E-state index in [4.69, 9.17) is 11.6 Å². The molecule has 7 nitrogen and oxygen atoms in total. The van der Waals surface area contributed by atoms with Gasteiger partial charge in [0.05, 0.1) is 0 Å². The maximum absolute atomic E-state index is 13.4. The molecule has 2 amide bonds. The normalized spacial score (nSPS) is 15.7. The summed E-state index contributed by atoms with van der Waals surface area (Å²) in [5.41, 5.74) is 1.55. The summed E-state index contributed by atoms with van der Waals surface area (Å²) < 4.78 is 1.86. The number of hydrogen-bond donors (Lipinski definition) is 1. The zero-order valence-corrected chi connectivity index (χ0v) is 20.1. The molecule has 1 aromatic heterocycles. The molecule has 0 unspecified atom stereocenters. The Bertz CT molecular complexity index is 1280. The largest absolute Gasteiger partial charge is 0.368 e. The molecular weight excluding hydrogens is 464 g/mol. The smallest absolute Gasteiger partial charge is 0.259 e. The van der Waals surface area contributed by atoms with Crippen molar-refractivity contribution in [2.24, 2.45) is 0 Å². The SMILES string of the molecule is O=C(NCc1ccccc1)c1cn(C2CC2)cc(C(=O)N2CCN(c3ccc(Cl)cc3)CC2)c1=O. The van der Waals surface area contributed by atoms with E-state index in [1.165, 1.54) is 0 Å². The molecule has 1 N–H and O–H groups in total. The summed E-state index contributed by atoms with van der Waals surface area (Å²) in [5.74, 6) is -0.784. The van der Waals surface area contributed by atoms with Crippen molar-refractivity contribution in [2.75, 3.05) is 31.1 Å². The average molecular weight is 491 g/mol. The van der Waals surface area contributed by atoms with Gasteiger partial charge < -0.3 is 19.7 Å². The van der Waals surface area contributed by atoms with Gasteiger partial charge >= 0.3 is 0 Å². The number of nitrogens with one attached hydrogen (secondary N) is 1. The molecule has 2 fully saturated rings. The lowest BCUT2D eigenvalue weighted by Gasteiger charge is -2.36. The fraction of sp³-hybridized carbons (Fsp3) is 0.296. The van der Waals surface area contributed by atoms with Crippen molar-refractivity contribution in [3.63, 3.8) is 0 Å². The van der Waals surface area contributed by atoms with Crippen LogP contribution < -0.4 is 15.6 Å². The first-order valence-corrected chi connectivity index (χ1v) is 12.2. The van der Waals surface area contributed by atoms with Gasteiger partial charge in [-0.1, -0.05) is 41.9 Å². The number of aromatic nitrogens is 1. The molecule has 180 valence electrons. The molecule has 0 atom stereocenters. The molecule has 0 radical (unpaired) electrons. The second kappa shape index (κ2) is 9.96. The van der Waals surface area contributed by atoms with Crippen LogP contribution in [0.15, 0.2) is 71.8 Å². The van der Waals surface area contributed by atoms with E-state index in [9.17, 15) is 14.4 Å². The first kappa shape index (κ1) is 23.2. The highest BCUT2D eigenvalue weighted by Gasteiger charge is 2.30. The summed E-state index contributed by atoms with van der Waals surface area (Å²) >= 11 is 5.99. The molecule has 2 aromatic carbocycles. The van der Waals surface area contributed by atoms with E-state index in [1.54, 1.807) is 17.3 Å². The molecule has 1 aliphatic heterocycles. The number of hydrogen-bond acceptors (Lipinski definition) is 4. The van der Waals surface area contributed by atoms with E-state index in [1.807, 2.05) is 59.2 Å². The highest BCUT2D eigenvalue weighted by atomic mass is 35.5. The Balaban J connectivity index is 1.33. The Hall–Kier alpha value is -3.58. The third kappa shape index (κ3) is 5.25. The van der Waals surface area contributed by atoms with Gasteiger partial charge in [0.1, 0.15) is 11.1 Å². The van der Waals surface area contributed by atoms with Crippen LogP contribution in [-0.2, 0) is 6.54 Å². The van der Waals surface area contributed by atoms with Crippen LogP contribution in [0.2, 0.25) is 5.02 Å². The minimum atomic E-state index is -0.516. The lowest BCUT2D eigenvalue weighted by atomic mass is 10.1. The van der Waals surface area contributed by atoms with Crippen LogP contribution >= 0.6 is 11.6 Å². The van der Waals surface area contributed by atoms with Gasteiger partial charge in [-0.25, -0.2) is 0 Å². The van der Waals surface area contributed by atoms with E-state index >= 15 is 0 Å². The van der Waals surface area contributed by atoms with Crippen LogP contribution in [0.3, 0.4) is 0 Å². The Morgan fingerprint density at radius 2 is 1.54 bits per heavy atom. The lowest BCUT2D eigenvalue weighted by molar-refractivity contribution is 0.0744.